The molecule has 2 fully saturated rings. The van der Waals surface area contributed by atoms with Gasteiger partial charge >= 0.3 is 0 Å². The molecule has 1 aliphatic carbocycles. The maximum absolute atomic E-state index is 13.5. The molecule has 2 aromatic carbocycles. The third kappa shape index (κ3) is 3.86. The summed E-state index contributed by atoms with van der Waals surface area (Å²) in [6.07, 6.45) is 3.98. The van der Waals surface area contributed by atoms with Crippen LogP contribution in [0, 0.1) is 12.8 Å². The Morgan fingerprint density at radius 1 is 1.08 bits per heavy atom. The third-order valence-electron chi connectivity index (χ3n) is 7.38. The zero-order chi connectivity index (χ0) is 25.1. The van der Waals surface area contributed by atoms with E-state index in [4.69, 9.17) is 15.0 Å². The van der Waals surface area contributed by atoms with E-state index >= 15 is 0 Å². The van der Waals surface area contributed by atoms with Crippen LogP contribution in [0.1, 0.15) is 53.2 Å². The van der Waals surface area contributed by atoms with Crippen LogP contribution in [-0.4, -0.2) is 51.7 Å². The van der Waals surface area contributed by atoms with Crippen LogP contribution in [-0.2, 0) is 11.3 Å². The summed E-state index contributed by atoms with van der Waals surface area (Å²) in [6.45, 7) is 7.76. The van der Waals surface area contributed by atoms with Crippen molar-refractivity contribution in [2.45, 2.75) is 52.4 Å². The number of aryl methyl sites for hydroxylation is 1. The van der Waals surface area contributed by atoms with Gasteiger partial charge in [0.25, 0.3) is 11.8 Å². The van der Waals surface area contributed by atoms with Crippen molar-refractivity contribution >= 4 is 33.6 Å². The van der Waals surface area contributed by atoms with Crippen molar-refractivity contribution in [2.75, 3.05) is 13.1 Å². The summed E-state index contributed by atoms with van der Waals surface area (Å²) >= 11 is 0. The van der Waals surface area contributed by atoms with Crippen LogP contribution in [0.25, 0.3) is 32.9 Å². The maximum atomic E-state index is 13.5. The minimum atomic E-state index is -0.483. The maximum Gasteiger partial charge on any atom is 0.254 e. The van der Waals surface area contributed by atoms with Gasteiger partial charge in [0.15, 0.2) is 0 Å². The molecular formula is C28H30N4O4. The Bertz CT molecular complexity index is 1500. The second-order valence-electron chi connectivity index (χ2n) is 10.3. The molecule has 8 nitrogen and oxygen atoms in total. The molecule has 3 heterocycles. The Hall–Kier alpha value is -3.65. The molecule has 0 spiro atoms. The number of carbonyl (C=O) groups excluding carboxylic acids is 2. The molecular weight excluding hydrogens is 456 g/mol. The van der Waals surface area contributed by atoms with Crippen molar-refractivity contribution < 1.29 is 18.8 Å². The Balaban J connectivity index is 1.55. The normalized spacial score (nSPS) is 20.4. The van der Waals surface area contributed by atoms with Crippen LogP contribution in [0.2, 0.25) is 0 Å². The van der Waals surface area contributed by atoms with Gasteiger partial charge in [-0.15, -0.1) is 0 Å². The van der Waals surface area contributed by atoms with Crippen LogP contribution >= 0.6 is 0 Å². The Kier molecular flexibility index (Phi) is 5.37. The molecule has 1 aliphatic heterocycles. The molecule has 8 heteroatoms. The van der Waals surface area contributed by atoms with Crippen molar-refractivity contribution in [3.63, 3.8) is 0 Å². The van der Waals surface area contributed by atoms with Crippen molar-refractivity contribution in [3.05, 3.63) is 53.4 Å². The molecule has 0 radical (unpaired) electrons. The average Bonchev–Trinajstić information content (AvgIpc) is 3.49. The fourth-order valence-electron chi connectivity index (χ4n) is 5.56. The molecule has 1 unspecified atom stereocenters. The molecule has 2 aromatic heterocycles. The van der Waals surface area contributed by atoms with E-state index in [-0.39, 0.29) is 18.1 Å². The quantitative estimate of drug-likeness (QED) is 0.447. The van der Waals surface area contributed by atoms with Gasteiger partial charge in [-0.25, -0.2) is 0 Å². The van der Waals surface area contributed by atoms with Gasteiger partial charge in [0, 0.05) is 47.1 Å². The van der Waals surface area contributed by atoms with Crippen LogP contribution < -0.4 is 5.73 Å². The number of aromatic nitrogens is 2. The number of ether oxygens (including phenoxy) is 1. The van der Waals surface area contributed by atoms with Crippen molar-refractivity contribution in [3.8, 4) is 11.1 Å². The molecule has 1 saturated heterocycles. The number of primary amides is 1. The largest absolute Gasteiger partial charge is 0.372 e. The Morgan fingerprint density at radius 3 is 2.47 bits per heavy atom. The van der Waals surface area contributed by atoms with E-state index in [1.165, 1.54) is 0 Å². The lowest BCUT2D eigenvalue weighted by Crippen LogP contribution is -2.48. The van der Waals surface area contributed by atoms with Gasteiger partial charge < -0.3 is 24.5 Å². The number of fused-ring (bicyclic) bond motifs is 3. The van der Waals surface area contributed by atoms with Gasteiger partial charge in [-0.05, 0) is 69.4 Å². The van der Waals surface area contributed by atoms with Gasteiger partial charge in [-0.1, -0.05) is 11.2 Å². The summed E-state index contributed by atoms with van der Waals surface area (Å²) in [5.41, 5.74) is 10.4. The summed E-state index contributed by atoms with van der Waals surface area (Å²) in [4.78, 5) is 28.1. The summed E-state index contributed by atoms with van der Waals surface area (Å²) in [6, 6.07) is 9.75. The summed E-state index contributed by atoms with van der Waals surface area (Å²) in [7, 11) is 0. The number of nitrogens with zero attached hydrogens (tertiary/aromatic N) is 3. The standard InChI is InChI=1S/C28H30N4O4/c1-15-12-31(13-16(2)35-15)28(34)19-6-7-21-22-8-20(24-11-30-36-17(24)3)9-23(27(29)33)26(22)32(25(21)10-19)14-18-4-5-18/h6-11,15-16,18H,4-5,12-14H2,1-3H3,(H2,29,33)/t15-,16?/m0/s1. The van der Waals surface area contributed by atoms with Gasteiger partial charge in [0.1, 0.15) is 5.76 Å². The minimum Gasteiger partial charge on any atom is -0.372 e. The Labute approximate surface area is 209 Å². The number of carbonyl (C=O) groups is 2. The van der Waals surface area contributed by atoms with Crippen LogP contribution in [0.15, 0.2) is 41.1 Å². The zero-order valence-corrected chi connectivity index (χ0v) is 20.8. The fourth-order valence-corrected chi connectivity index (χ4v) is 5.56. The molecule has 2 amide bonds. The Morgan fingerprint density at radius 2 is 1.83 bits per heavy atom. The highest BCUT2D eigenvalue weighted by atomic mass is 16.5. The molecule has 2 aliphatic rings. The van der Waals surface area contributed by atoms with E-state index in [2.05, 4.69) is 15.8 Å². The summed E-state index contributed by atoms with van der Waals surface area (Å²) in [5, 5.41) is 5.83. The van der Waals surface area contributed by atoms with Gasteiger partial charge in [-0.3, -0.25) is 9.59 Å². The molecule has 4 aromatic rings. The van der Waals surface area contributed by atoms with Crippen LogP contribution in [0.5, 0.6) is 0 Å². The van der Waals surface area contributed by atoms with E-state index < -0.39 is 5.91 Å². The first kappa shape index (κ1) is 22.8. The van der Waals surface area contributed by atoms with E-state index in [1.54, 1.807) is 6.20 Å². The van der Waals surface area contributed by atoms with E-state index in [9.17, 15) is 9.59 Å². The second-order valence-corrected chi connectivity index (χ2v) is 10.3. The van der Waals surface area contributed by atoms with Crippen molar-refractivity contribution in [1.82, 2.24) is 14.6 Å². The highest BCUT2D eigenvalue weighted by Crippen LogP contribution is 2.40. The molecule has 36 heavy (non-hydrogen) atoms. The molecule has 6 rings (SSSR count). The average molecular weight is 487 g/mol. The predicted octanol–water partition coefficient (Wildman–Crippen LogP) is 4.52. The lowest BCUT2D eigenvalue weighted by atomic mass is 9.99. The first-order valence-corrected chi connectivity index (χ1v) is 12.6. The number of rotatable bonds is 5. The van der Waals surface area contributed by atoms with E-state index in [0.717, 1.165) is 52.3 Å². The fraction of sp³-hybridized carbons (Fsp3) is 0.393. The van der Waals surface area contributed by atoms with Crippen molar-refractivity contribution in [2.24, 2.45) is 11.7 Å². The van der Waals surface area contributed by atoms with Gasteiger partial charge in [0.2, 0.25) is 0 Å². The monoisotopic (exact) mass is 486 g/mol. The lowest BCUT2D eigenvalue weighted by Gasteiger charge is -2.35. The first-order valence-electron chi connectivity index (χ1n) is 12.6. The molecule has 2 N–H and O–H groups in total. The van der Waals surface area contributed by atoms with E-state index in [0.29, 0.717) is 35.9 Å². The third-order valence-corrected chi connectivity index (χ3v) is 7.38. The van der Waals surface area contributed by atoms with Gasteiger partial charge in [0.05, 0.1) is 29.5 Å². The number of amides is 2. The van der Waals surface area contributed by atoms with Crippen molar-refractivity contribution in [1.29, 1.82) is 0 Å². The molecule has 1 saturated carbocycles. The number of morpholine rings is 1. The summed E-state index contributed by atoms with van der Waals surface area (Å²) in [5.74, 6) is 0.750. The number of hydrogen-bond acceptors (Lipinski definition) is 5. The number of hydrogen-bond donors (Lipinski definition) is 1. The first-order chi connectivity index (χ1) is 17.3. The molecule has 186 valence electrons. The van der Waals surface area contributed by atoms with E-state index in [1.807, 2.05) is 49.9 Å². The predicted molar refractivity (Wildman–Crippen MR) is 137 cm³/mol. The smallest absolute Gasteiger partial charge is 0.254 e. The van der Waals surface area contributed by atoms with Crippen LogP contribution in [0.3, 0.4) is 0 Å². The minimum absolute atomic E-state index is 0.000149. The van der Waals surface area contributed by atoms with Gasteiger partial charge in [-0.2, -0.15) is 0 Å². The molecule has 0 bridgehead atoms. The highest BCUT2D eigenvalue weighted by Gasteiger charge is 2.29. The zero-order valence-electron chi connectivity index (χ0n) is 20.8. The number of nitrogens with two attached hydrogens (primary N) is 1. The summed E-state index contributed by atoms with van der Waals surface area (Å²) < 4.78 is 13.3. The molecule has 2 atom stereocenters. The van der Waals surface area contributed by atoms with Crippen LogP contribution in [0.4, 0.5) is 0 Å². The topological polar surface area (TPSA) is 104 Å². The lowest BCUT2D eigenvalue weighted by molar-refractivity contribution is -0.0586. The number of benzene rings is 2. The second kappa shape index (κ2) is 8.48. The highest BCUT2D eigenvalue weighted by molar-refractivity contribution is 6.17. The SMILES string of the molecule is Cc1oncc1-c1cc(C(N)=O)c2c(c1)c1ccc(C(=O)N3CC(C)O[C@@H](C)C3)cc1n2CC1CC1.